The van der Waals surface area contributed by atoms with E-state index in [1.54, 1.807) is 0 Å². The summed E-state index contributed by atoms with van der Waals surface area (Å²) >= 11 is 0. The Balaban J connectivity index is 1.96. The predicted octanol–water partition coefficient (Wildman–Crippen LogP) is 0.313. The van der Waals surface area contributed by atoms with Gasteiger partial charge in [0.15, 0.2) is 0 Å². The lowest BCUT2D eigenvalue weighted by molar-refractivity contribution is -0.129. The van der Waals surface area contributed by atoms with Gasteiger partial charge in [-0.25, -0.2) is 0 Å². The molecule has 0 spiro atoms. The third-order valence-electron chi connectivity index (χ3n) is 2.92. The van der Waals surface area contributed by atoms with Gasteiger partial charge >= 0.3 is 0 Å². The highest BCUT2D eigenvalue weighted by Gasteiger charge is 2.31. The Hall–Kier alpha value is -0.570. The van der Waals surface area contributed by atoms with Gasteiger partial charge in [0.1, 0.15) is 0 Å². The van der Waals surface area contributed by atoms with Crippen molar-refractivity contribution in [2.24, 2.45) is 0 Å². The van der Waals surface area contributed by atoms with Gasteiger partial charge in [0.05, 0.1) is 0 Å². The molecule has 68 valence electrons. The first-order valence-corrected chi connectivity index (χ1v) is 4.75. The van der Waals surface area contributed by atoms with Gasteiger partial charge in [-0.1, -0.05) is 0 Å². The fourth-order valence-electron chi connectivity index (χ4n) is 2.22. The minimum atomic E-state index is 0.371. The Bertz CT molecular complexity index is 193. The second-order valence-corrected chi connectivity index (χ2v) is 3.90. The summed E-state index contributed by atoms with van der Waals surface area (Å²) in [5.74, 6) is 0.371. The van der Waals surface area contributed by atoms with Crippen molar-refractivity contribution in [1.82, 2.24) is 9.80 Å². The topological polar surface area (TPSA) is 23.6 Å². The molecule has 0 radical (unpaired) electrons. The number of hydrogen-bond donors (Lipinski definition) is 0. The van der Waals surface area contributed by atoms with Crippen molar-refractivity contribution in [3.05, 3.63) is 0 Å². The Morgan fingerprint density at radius 3 is 2.75 bits per heavy atom. The van der Waals surface area contributed by atoms with Crippen LogP contribution in [0.3, 0.4) is 0 Å². The van der Waals surface area contributed by atoms with E-state index >= 15 is 0 Å². The summed E-state index contributed by atoms with van der Waals surface area (Å²) in [7, 11) is 2.13. The quantitative estimate of drug-likeness (QED) is 0.562. The molecule has 2 saturated heterocycles. The first kappa shape index (κ1) is 8.05. The first-order valence-electron chi connectivity index (χ1n) is 4.75. The van der Waals surface area contributed by atoms with E-state index in [0.29, 0.717) is 11.9 Å². The molecule has 3 nitrogen and oxygen atoms in total. The zero-order chi connectivity index (χ0) is 8.55. The van der Waals surface area contributed by atoms with Crippen molar-refractivity contribution >= 4 is 5.91 Å². The normalized spacial score (nSPS) is 31.9. The molecule has 2 heterocycles. The third kappa shape index (κ3) is 1.33. The number of nitrogens with zero attached hydrogens (tertiary/aromatic N) is 2. The second-order valence-electron chi connectivity index (χ2n) is 3.90. The summed E-state index contributed by atoms with van der Waals surface area (Å²) < 4.78 is 0. The van der Waals surface area contributed by atoms with Crippen LogP contribution in [-0.2, 0) is 4.79 Å². The van der Waals surface area contributed by atoms with Gasteiger partial charge in [-0.05, 0) is 26.4 Å². The molecule has 3 heteroatoms. The molecule has 0 aliphatic carbocycles. The standard InChI is InChI=1S/C9H16N2O/c1-10-6-4-8(7-10)11-5-2-3-9(11)12/h8H,2-7H2,1H3/t8-/m1/s1. The third-order valence-corrected chi connectivity index (χ3v) is 2.92. The molecule has 0 saturated carbocycles. The van der Waals surface area contributed by atoms with E-state index in [4.69, 9.17) is 0 Å². The van der Waals surface area contributed by atoms with Crippen molar-refractivity contribution in [3.8, 4) is 0 Å². The molecule has 2 aliphatic heterocycles. The van der Waals surface area contributed by atoms with Crippen LogP contribution < -0.4 is 0 Å². The van der Waals surface area contributed by atoms with Crippen molar-refractivity contribution < 1.29 is 4.79 Å². The zero-order valence-electron chi connectivity index (χ0n) is 7.62. The summed E-state index contributed by atoms with van der Waals surface area (Å²) in [4.78, 5) is 15.8. The fourth-order valence-corrected chi connectivity index (χ4v) is 2.22. The molecular formula is C9H16N2O. The van der Waals surface area contributed by atoms with E-state index in [1.807, 2.05) is 0 Å². The smallest absolute Gasteiger partial charge is 0.222 e. The summed E-state index contributed by atoms with van der Waals surface area (Å²) in [5, 5.41) is 0. The molecule has 0 aromatic carbocycles. The highest BCUT2D eigenvalue weighted by molar-refractivity contribution is 5.78. The molecular weight excluding hydrogens is 152 g/mol. The maximum Gasteiger partial charge on any atom is 0.222 e. The molecule has 2 fully saturated rings. The second kappa shape index (κ2) is 3.05. The van der Waals surface area contributed by atoms with E-state index in [0.717, 1.165) is 32.5 Å². The maximum absolute atomic E-state index is 11.4. The van der Waals surface area contributed by atoms with Gasteiger partial charge in [-0.15, -0.1) is 0 Å². The lowest BCUT2D eigenvalue weighted by atomic mass is 10.2. The van der Waals surface area contributed by atoms with Gasteiger partial charge in [0.2, 0.25) is 5.91 Å². The van der Waals surface area contributed by atoms with Crippen molar-refractivity contribution in [2.75, 3.05) is 26.7 Å². The average Bonchev–Trinajstić information content (AvgIpc) is 2.58. The number of rotatable bonds is 1. The highest BCUT2D eigenvalue weighted by atomic mass is 16.2. The van der Waals surface area contributed by atoms with E-state index in [1.165, 1.54) is 6.42 Å². The first-order chi connectivity index (χ1) is 5.77. The number of likely N-dealkylation sites (tertiary alicyclic amines) is 2. The summed E-state index contributed by atoms with van der Waals surface area (Å²) in [6.07, 6.45) is 3.02. The van der Waals surface area contributed by atoms with Crippen molar-refractivity contribution in [1.29, 1.82) is 0 Å². The summed E-state index contributed by atoms with van der Waals surface area (Å²) in [6, 6.07) is 0.519. The largest absolute Gasteiger partial charge is 0.338 e. The Morgan fingerprint density at radius 2 is 2.25 bits per heavy atom. The van der Waals surface area contributed by atoms with Crippen LogP contribution in [0.4, 0.5) is 0 Å². The predicted molar refractivity (Wildman–Crippen MR) is 46.8 cm³/mol. The summed E-state index contributed by atoms with van der Waals surface area (Å²) in [5.41, 5.74) is 0. The van der Waals surface area contributed by atoms with Crippen LogP contribution in [-0.4, -0.2) is 48.4 Å². The number of amides is 1. The molecule has 0 N–H and O–H groups in total. The Labute approximate surface area is 73.3 Å². The van der Waals surface area contributed by atoms with E-state index in [2.05, 4.69) is 16.8 Å². The van der Waals surface area contributed by atoms with E-state index in [9.17, 15) is 4.79 Å². The number of hydrogen-bond acceptors (Lipinski definition) is 2. The van der Waals surface area contributed by atoms with Crippen LogP contribution >= 0.6 is 0 Å². The van der Waals surface area contributed by atoms with Crippen LogP contribution in [0.5, 0.6) is 0 Å². The monoisotopic (exact) mass is 168 g/mol. The molecule has 2 aliphatic rings. The van der Waals surface area contributed by atoms with Crippen LogP contribution in [0.15, 0.2) is 0 Å². The molecule has 1 atom stereocenters. The van der Waals surface area contributed by atoms with Crippen LogP contribution in [0.25, 0.3) is 0 Å². The Morgan fingerprint density at radius 1 is 1.42 bits per heavy atom. The molecule has 0 aromatic heterocycles. The molecule has 0 aromatic rings. The molecule has 2 rings (SSSR count). The van der Waals surface area contributed by atoms with E-state index in [-0.39, 0.29) is 0 Å². The minimum absolute atomic E-state index is 0.371. The molecule has 0 unspecified atom stereocenters. The number of carbonyl (C=O) groups is 1. The van der Waals surface area contributed by atoms with Gasteiger partial charge in [-0.3, -0.25) is 4.79 Å². The van der Waals surface area contributed by atoms with Gasteiger partial charge in [0, 0.05) is 25.6 Å². The van der Waals surface area contributed by atoms with Crippen LogP contribution in [0, 0.1) is 0 Å². The van der Waals surface area contributed by atoms with Gasteiger partial charge in [0.25, 0.3) is 0 Å². The zero-order valence-corrected chi connectivity index (χ0v) is 7.62. The van der Waals surface area contributed by atoms with Crippen molar-refractivity contribution in [2.45, 2.75) is 25.3 Å². The minimum Gasteiger partial charge on any atom is -0.338 e. The molecule has 12 heavy (non-hydrogen) atoms. The highest BCUT2D eigenvalue weighted by Crippen LogP contribution is 2.20. The van der Waals surface area contributed by atoms with Crippen LogP contribution in [0.2, 0.25) is 0 Å². The Kier molecular flexibility index (Phi) is 2.05. The SMILES string of the molecule is CN1CC[C@@H](N2CCCC2=O)C1. The fraction of sp³-hybridized carbons (Fsp3) is 0.889. The molecule has 1 amide bonds. The maximum atomic E-state index is 11.4. The lowest BCUT2D eigenvalue weighted by Crippen LogP contribution is -2.37. The number of likely N-dealkylation sites (N-methyl/N-ethyl adjacent to an activating group) is 1. The van der Waals surface area contributed by atoms with Crippen molar-refractivity contribution in [3.63, 3.8) is 0 Å². The van der Waals surface area contributed by atoms with Crippen LogP contribution in [0.1, 0.15) is 19.3 Å². The summed E-state index contributed by atoms with van der Waals surface area (Å²) in [6.45, 7) is 3.22. The van der Waals surface area contributed by atoms with E-state index < -0.39 is 0 Å². The molecule has 0 bridgehead atoms. The van der Waals surface area contributed by atoms with Gasteiger partial charge < -0.3 is 9.80 Å². The lowest BCUT2D eigenvalue weighted by Gasteiger charge is -2.23. The average molecular weight is 168 g/mol. The van der Waals surface area contributed by atoms with Gasteiger partial charge in [-0.2, -0.15) is 0 Å². The number of carbonyl (C=O) groups excluding carboxylic acids is 1.